The third kappa shape index (κ3) is 4.49. The predicted molar refractivity (Wildman–Crippen MR) is 114 cm³/mol. The third-order valence-electron chi connectivity index (χ3n) is 5.14. The molecule has 3 aromatic rings. The highest BCUT2D eigenvalue weighted by molar-refractivity contribution is 5.96. The smallest absolute Gasteiger partial charge is 0.315 e. The fourth-order valence-electron chi connectivity index (χ4n) is 3.68. The lowest BCUT2D eigenvalue weighted by atomic mass is 9.99. The summed E-state index contributed by atoms with van der Waals surface area (Å²) >= 11 is 0. The molecule has 2 N–H and O–H groups in total. The van der Waals surface area contributed by atoms with Gasteiger partial charge in [-0.1, -0.05) is 60.7 Å². The van der Waals surface area contributed by atoms with Crippen molar-refractivity contribution in [3.05, 3.63) is 102 Å². The van der Waals surface area contributed by atoms with Crippen LogP contribution in [-0.2, 0) is 4.79 Å². The number of hydrogen-bond donors (Lipinski definition) is 2. The lowest BCUT2D eigenvalue weighted by molar-refractivity contribution is -0.117. The highest BCUT2D eigenvalue weighted by Gasteiger charge is 2.32. The van der Waals surface area contributed by atoms with Gasteiger partial charge in [0.2, 0.25) is 5.91 Å². The second-order valence-electron chi connectivity index (χ2n) is 7.25. The van der Waals surface area contributed by atoms with Crippen molar-refractivity contribution >= 4 is 17.6 Å². The van der Waals surface area contributed by atoms with E-state index >= 15 is 0 Å². The van der Waals surface area contributed by atoms with Gasteiger partial charge in [0, 0.05) is 18.7 Å². The molecular formula is C24H22FN3O2. The highest BCUT2D eigenvalue weighted by Crippen LogP contribution is 2.23. The van der Waals surface area contributed by atoms with Crippen LogP contribution in [0.1, 0.15) is 23.6 Å². The van der Waals surface area contributed by atoms with E-state index in [9.17, 15) is 14.0 Å². The summed E-state index contributed by atoms with van der Waals surface area (Å²) in [5.41, 5.74) is 2.56. The van der Waals surface area contributed by atoms with Crippen molar-refractivity contribution in [2.45, 2.75) is 18.5 Å². The Hall–Kier alpha value is -3.67. The Labute approximate surface area is 174 Å². The maximum absolute atomic E-state index is 13.2. The molecule has 0 saturated carbocycles. The molecule has 3 aromatic carbocycles. The summed E-state index contributed by atoms with van der Waals surface area (Å²) < 4.78 is 13.2. The summed E-state index contributed by atoms with van der Waals surface area (Å²) in [5.74, 6) is -0.457. The summed E-state index contributed by atoms with van der Waals surface area (Å²) in [4.78, 5) is 26.7. The Kier molecular flexibility index (Phi) is 5.75. The van der Waals surface area contributed by atoms with Gasteiger partial charge in [0.1, 0.15) is 5.82 Å². The minimum atomic E-state index is -0.354. The van der Waals surface area contributed by atoms with Crippen LogP contribution in [0.2, 0.25) is 0 Å². The molecule has 4 rings (SSSR count). The van der Waals surface area contributed by atoms with E-state index in [1.807, 2.05) is 60.7 Å². The highest BCUT2D eigenvalue weighted by atomic mass is 19.1. The molecule has 6 heteroatoms. The fraction of sp³-hybridized carbons (Fsp3) is 0.167. The summed E-state index contributed by atoms with van der Waals surface area (Å²) in [6.45, 7) is 0.346. The first kappa shape index (κ1) is 19.6. The van der Waals surface area contributed by atoms with Gasteiger partial charge in [-0.3, -0.25) is 4.79 Å². The summed E-state index contributed by atoms with van der Waals surface area (Å²) in [6.07, 6.45) is 0.201. The van der Waals surface area contributed by atoms with E-state index in [1.165, 1.54) is 12.1 Å². The van der Waals surface area contributed by atoms with Crippen LogP contribution in [0.5, 0.6) is 0 Å². The largest absolute Gasteiger partial charge is 0.333 e. The molecule has 3 amide bonds. The number of benzene rings is 3. The van der Waals surface area contributed by atoms with Crippen LogP contribution in [0.3, 0.4) is 0 Å². The molecule has 1 saturated heterocycles. The molecule has 1 aliphatic heterocycles. The number of rotatable bonds is 5. The van der Waals surface area contributed by atoms with E-state index in [0.717, 1.165) is 11.1 Å². The topological polar surface area (TPSA) is 61.4 Å². The monoisotopic (exact) mass is 403 g/mol. The van der Waals surface area contributed by atoms with Gasteiger partial charge in [-0.15, -0.1) is 0 Å². The van der Waals surface area contributed by atoms with Crippen LogP contribution in [0.15, 0.2) is 84.9 Å². The minimum Gasteiger partial charge on any atom is -0.333 e. The molecule has 0 spiro atoms. The lowest BCUT2D eigenvalue weighted by Crippen LogP contribution is -2.44. The van der Waals surface area contributed by atoms with Crippen molar-refractivity contribution in [2.75, 3.05) is 11.4 Å². The van der Waals surface area contributed by atoms with Gasteiger partial charge in [-0.05, 0) is 35.4 Å². The van der Waals surface area contributed by atoms with E-state index < -0.39 is 0 Å². The molecule has 30 heavy (non-hydrogen) atoms. The van der Waals surface area contributed by atoms with Crippen molar-refractivity contribution in [2.24, 2.45) is 0 Å². The third-order valence-corrected chi connectivity index (χ3v) is 5.14. The van der Waals surface area contributed by atoms with E-state index in [0.29, 0.717) is 12.2 Å². The van der Waals surface area contributed by atoms with Crippen molar-refractivity contribution in [3.63, 3.8) is 0 Å². The van der Waals surface area contributed by atoms with Gasteiger partial charge in [-0.2, -0.15) is 0 Å². The van der Waals surface area contributed by atoms with Crippen LogP contribution in [0, 0.1) is 5.82 Å². The summed E-state index contributed by atoms with van der Waals surface area (Å²) in [6, 6.07) is 24.2. The van der Waals surface area contributed by atoms with Crippen LogP contribution in [0.25, 0.3) is 0 Å². The number of anilines is 1. The van der Waals surface area contributed by atoms with Crippen molar-refractivity contribution < 1.29 is 14.0 Å². The Bertz CT molecular complexity index is 970. The zero-order chi connectivity index (χ0) is 20.9. The van der Waals surface area contributed by atoms with Gasteiger partial charge in [0.05, 0.1) is 12.1 Å². The number of nitrogens with zero attached hydrogens (tertiary/aromatic N) is 1. The number of carbonyl (C=O) groups excluding carboxylic acids is 2. The van der Waals surface area contributed by atoms with Gasteiger partial charge in [-0.25, -0.2) is 9.18 Å². The zero-order valence-corrected chi connectivity index (χ0v) is 16.3. The number of halogens is 1. The predicted octanol–water partition coefficient (Wildman–Crippen LogP) is 4.02. The fourth-order valence-corrected chi connectivity index (χ4v) is 3.68. The number of amides is 3. The van der Waals surface area contributed by atoms with E-state index in [2.05, 4.69) is 10.6 Å². The molecule has 1 atom stereocenters. The number of urea groups is 1. The van der Waals surface area contributed by atoms with Gasteiger partial charge in [0.15, 0.2) is 0 Å². The number of nitrogens with one attached hydrogen (secondary N) is 2. The van der Waals surface area contributed by atoms with Crippen LogP contribution >= 0.6 is 0 Å². The van der Waals surface area contributed by atoms with Gasteiger partial charge in [0.25, 0.3) is 0 Å². The maximum atomic E-state index is 13.2. The molecule has 1 fully saturated rings. The lowest BCUT2D eigenvalue weighted by Gasteiger charge is -2.22. The van der Waals surface area contributed by atoms with Crippen molar-refractivity contribution in [1.82, 2.24) is 10.6 Å². The second-order valence-corrected chi connectivity index (χ2v) is 7.25. The molecule has 5 nitrogen and oxygen atoms in total. The first-order valence-electron chi connectivity index (χ1n) is 9.83. The zero-order valence-electron chi connectivity index (χ0n) is 16.3. The molecule has 152 valence electrons. The Morgan fingerprint density at radius 3 is 2.03 bits per heavy atom. The molecular weight excluding hydrogens is 381 g/mol. The van der Waals surface area contributed by atoms with Crippen LogP contribution in [-0.4, -0.2) is 24.5 Å². The van der Waals surface area contributed by atoms with E-state index in [-0.39, 0.29) is 36.3 Å². The minimum absolute atomic E-state index is 0.102. The SMILES string of the molecule is O=C(NC(c1ccccc1)c1ccccc1)N[C@H]1CC(=O)N(c2ccc(F)cc2)C1. The number of carbonyl (C=O) groups is 2. The quantitative estimate of drug-likeness (QED) is 0.676. The Morgan fingerprint density at radius 1 is 0.900 bits per heavy atom. The molecule has 0 aliphatic carbocycles. The molecule has 0 bridgehead atoms. The van der Waals surface area contributed by atoms with Crippen LogP contribution < -0.4 is 15.5 Å². The first-order valence-corrected chi connectivity index (χ1v) is 9.83. The Balaban J connectivity index is 1.44. The average molecular weight is 403 g/mol. The van der Waals surface area contributed by atoms with Gasteiger partial charge >= 0.3 is 6.03 Å². The van der Waals surface area contributed by atoms with Crippen molar-refractivity contribution in [3.8, 4) is 0 Å². The maximum Gasteiger partial charge on any atom is 0.315 e. The number of hydrogen-bond acceptors (Lipinski definition) is 2. The van der Waals surface area contributed by atoms with Crippen LogP contribution in [0.4, 0.5) is 14.9 Å². The second kappa shape index (κ2) is 8.78. The normalized spacial score (nSPS) is 16.0. The molecule has 1 aliphatic rings. The molecule has 0 radical (unpaired) electrons. The standard InChI is InChI=1S/C24H22FN3O2/c25-19-11-13-21(14-12-19)28-16-20(15-22(28)29)26-24(30)27-23(17-7-3-1-4-8-17)18-9-5-2-6-10-18/h1-14,20,23H,15-16H2,(H2,26,27,30)/t20-/m0/s1. The van der Waals surface area contributed by atoms with E-state index in [1.54, 1.807) is 17.0 Å². The van der Waals surface area contributed by atoms with Crippen molar-refractivity contribution in [1.29, 1.82) is 0 Å². The molecule has 1 heterocycles. The molecule has 0 unspecified atom stereocenters. The average Bonchev–Trinajstić information content (AvgIpc) is 3.13. The summed E-state index contributed by atoms with van der Waals surface area (Å²) in [5, 5.41) is 5.93. The Morgan fingerprint density at radius 2 is 1.47 bits per heavy atom. The first-order chi connectivity index (χ1) is 14.6. The molecule has 0 aromatic heterocycles. The summed E-state index contributed by atoms with van der Waals surface area (Å²) in [7, 11) is 0. The van der Waals surface area contributed by atoms with Gasteiger partial charge < -0.3 is 15.5 Å². The van der Waals surface area contributed by atoms with E-state index in [4.69, 9.17) is 0 Å².